The van der Waals surface area contributed by atoms with Crippen LogP contribution in [0.3, 0.4) is 0 Å². The topological polar surface area (TPSA) is 69.4 Å². The molecule has 2 rings (SSSR count). The highest BCUT2D eigenvalue weighted by molar-refractivity contribution is 9.10. The van der Waals surface area contributed by atoms with Gasteiger partial charge in [0.25, 0.3) is 0 Å². The molecular weight excluding hydrogens is 373 g/mol. The molecule has 2 aromatic rings. The molecule has 0 aliphatic carbocycles. The third-order valence-corrected chi connectivity index (χ3v) is 4.17. The molecule has 2 N–H and O–H groups in total. The van der Waals surface area contributed by atoms with Crippen molar-refractivity contribution in [2.24, 2.45) is 5.14 Å². The van der Waals surface area contributed by atoms with Crippen LogP contribution >= 0.6 is 27.5 Å². The molecule has 0 saturated heterocycles. The van der Waals surface area contributed by atoms with E-state index in [-0.39, 0.29) is 15.7 Å². The van der Waals surface area contributed by atoms with E-state index in [9.17, 15) is 12.8 Å². The maximum absolute atomic E-state index is 13.0. The van der Waals surface area contributed by atoms with Gasteiger partial charge in [0.1, 0.15) is 17.3 Å². The van der Waals surface area contributed by atoms with Gasteiger partial charge in [0.05, 0.1) is 14.4 Å². The van der Waals surface area contributed by atoms with E-state index < -0.39 is 15.8 Å². The van der Waals surface area contributed by atoms with Crippen LogP contribution in [0.25, 0.3) is 0 Å². The van der Waals surface area contributed by atoms with Gasteiger partial charge in [-0.2, -0.15) is 0 Å². The minimum Gasteiger partial charge on any atom is -0.455 e. The van der Waals surface area contributed by atoms with Crippen LogP contribution < -0.4 is 9.88 Å². The summed E-state index contributed by atoms with van der Waals surface area (Å²) in [5.74, 6) is 0.155. The molecule has 0 radical (unpaired) electrons. The van der Waals surface area contributed by atoms with Gasteiger partial charge in [-0.15, -0.1) is 0 Å². The second-order valence-corrected chi connectivity index (χ2v) is 6.64. The molecule has 0 aliphatic heterocycles. The van der Waals surface area contributed by atoms with Crippen LogP contribution in [0.5, 0.6) is 11.5 Å². The maximum Gasteiger partial charge on any atom is 0.238 e. The summed E-state index contributed by atoms with van der Waals surface area (Å²) in [6.07, 6.45) is 0. The van der Waals surface area contributed by atoms with E-state index in [1.807, 2.05) is 0 Å². The summed E-state index contributed by atoms with van der Waals surface area (Å²) in [6.45, 7) is 0. The zero-order valence-electron chi connectivity index (χ0n) is 9.81. The van der Waals surface area contributed by atoms with Crippen LogP contribution in [0, 0.1) is 5.82 Å². The summed E-state index contributed by atoms with van der Waals surface area (Å²) >= 11 is 9.09. The number of benzene rings is 2. The quantitative estimate of drug-likeness (QED) is 0.883. The molecule has 20 heavy (non-hydrogen) atoms. The van der Waals surface area contributed by atoms with Gasteiger partial charge < -0.3 is 4.74 Å². The van der Waals surface area contributed by atoms with E-state index in [1.54, 1.807) is 0 Å². The highest BCUT2D eigenvalue weighted by atomic mass is 79.9. The molecule has 8 heteroatoms. The number of sulfonamides is 1. The van der Waals surface area contributed by atoms with E-state index in [0.29, 0.717) is 10.2 Å². The van der Waals surface area contributed by atoms with Crippen molar-refractivity contribution in [1.29, 1.82) is 0 Å². The Kier molecular flexibility index (Phi) is 4.33. The lowest BCUT2D eigenvalue weighted by atomic mass is 10.3. The minimum absolute atomic E-state index is 0.0766. The Labute approximate surface area is 128 Å². The van der Waals surface area contributed by atoms with Crippen molar-refractivity contribution in [3.63, 3.8) is 0 Å². The van der Waals surface area contributed by atoms with Crippen LogP contribution in [-0.4, -0.2) is 8.42 Å². The van der Waals surface area contributed by atoms with E-state index in [0.717, 1.165) is 0 Å². The molecule has 106 valence electrons. The Hall–Kier alpha value is -1.15. The lowest BCUT2D eigenvalue weighted by Gasteiger charge is -2.10. The molecule has 0 heterocycles. The standard InChI is InChI=1S/C12H8BrClFNO3S/c13-9-5-7(15)1-3-11(9)19-12-4-2-8(6-10(12)14)20(16,17)18/h1-6H,(H2,16,17,18). The SMILES string of the molecule is NS(=O)(=O)c1ccc(Oc2ccc(F)cc2Br)c(Cl)c1. The van der Waals surface area contributed by atoms with Gasteiger partial charge in [0.2, 0.25) is 10.0 Å². The Balaban J connectivity index is 2.35. The van der Waals surface area contributed by atoms with Crippen LogP contribution in [0.2, 0.25) is 5.02 Å². The second kappa shape index (κ2) is 5.69. The molecule has 0 atom stereocenters. The predicted octanol–water partition coefficient (Wildman–Crippen LogP) is 3.68. The molecule has 0 saturated carbocycles. The summed E-state index contributed by atoms with van der Waals surface area (Å²) in [4.78, 5) is -0.118. The van der Waals surface area contributed by atoms with E-state index in [1.165, 1.54) is 36.4 Å². The number of hydrogen-bond donors (Lipinski definition) is 1. The first-order chi connectivity index (χ1) is 9.27. The van der Waals surface area contributed by atoms with Gasteiger partial charge in [-0.05, 0) is 52.3 Å². The number of rotatable bonds is 3. The smallest absolute Gasteiger partial charge is 0.238 e. The number of nitrogens with two attached hydrogens (primary N) is 1. The van der Waals surface area contributed by atoms with Crippen molar-refractivity contribution in [3.05, 3.63) is 51.7 Å². The highest BCUT2D eigenvalue weighted by Gasteiger charge is 2.12. The lowest BCUT2D eigenvalue weighted by Crippen LogP contribution is -2.11. The fraction of sp³-hybridized carbons (Fsp3) is 0. The number of hydrogen-bond acceptors (Lipinski definition) is 3. The predicted molar refractivity (Wildman–Crippen MR) is 77.0 cm³/mol. The fourth-order valence-corrected chi connectivity index (χ4v) is 2.67. The van der Waals surface area contributed by atoms with Gasteiger partial charge in [-0.3, -0.25) is 0 Å². The number of ether oxygens (including phenoxy) is 1. The Morgan fingerprint density at radius 3 is 2.35 bits per heavy atom. The van der Waals surface area contributed by atoms with Gasteiger partial charge in [0.15, 0.2) is 0 Å². The van der Waals surface area contributed by atoms with Gasteiger partial charge >= 0.3 is 0 Å². The van der Waals surface area contributed by atoms with Gasteiger partial charge in [-0.1, -0.05) is 11.6 Å². The second-order valence-electron chi connectivity index (χ2n) is 3.81. The van der Waals surface area contributed by atoms with Crippen LogP contribution in [0.1, 0.15) is 0 Å². The molecule has 0 unspecified atom stereocenters. The molecular formula is C12H8BrClFNO3S. The molecule has 0 aliphatic rings. The van der Waals surface area contributed by atoms with Crippen LogP contribution in [-0.2, 0) is 10.0 Å². The van der Waals surface area contributed by atoms with E-state index in [4.69, 9.17) is 21.5 Å². The van der Waals surface area contributed by atoms with Crippen molar-refractivity contribution < 1.29 is 17.5 Å². The molecule has 0 amide bonds. The zero-order valence-corrected chi connectivity index (χ0v) is 13.0. The molecule has 2 aromatic carbocycles. The summed E-state index contributed by atoms with van der Waals surface area (Å²) in [5, 5.41) is 5.07. The molecule has 0 aromatic heterocycles. The lowest BCUT2D eigenvalue weighted by molar-refractivity contribution is 0.477. The van der Waals surface area contributed by atoms with Crippen molar-refractivity contribution in [3.8, 4) is 11.5 Å². The molecule has 4 nitrogen and oxygen atoms in total. The Bertz CT molecular complexity index is 767. The largest absolute Gasteiger partial charge is 0.455 e. The zero-order chi connectivity index (χ0) is 14.9. The van der Waals surface area contributed by atoms with Crippen molar-refractivity contribution in [2.75, 3.05) is 0 Å². The first kappa shape index (κ1) is 15.2. The molecule has 0 fully saturated rings. The summed E-state index contributed by atoms with van der Waals surface area (Å²) in [5.41, 5.74) is 0. The van der Waals surface area contributed by atoms with Gasteiger partial charge in [0, 0.05) is 0 Å². The van der Waals surface area contributed by atoms with E-state index >= 15 is 0 Å². The molecule has 0 bridgehead atoms. The normalized spacial score (nSPS) is 11.4. The first-order valence-electron chi connectivity index (χ1n) is 5.22. The Morgan fingerprint density at radius 1 is 1.15 bits per heavy atom. The third kappa shape index (κ3) is 3.49. The first-order valence-corrected chi connectivity index (χ1v) is 7.94. The Morgan fingerprint density at radius 2 is 1.80 bits per heavy atom. The average Bonchev–Trinajstić information content (AvgIpc) is 2.33. The minimum atomic E-state index is -3.83. The van der Waals surface area contributed by atoms with Crippen LogP contribution in [0.15, 0.2) is 45.8 Å². The van der Waals surface area contributed by atoms with E-state index in [2.05, 4.69) is 15.9 Å². The van der Waals surface area contributed by atoms with Gasteiger partial charge in [-0.25, -0.2) is 17.9 Å². The van der Waals surface area contributed by atoms with Crippen LogP contribution in [0.4, 0.5) is 4.39 Å². The fourth-order valence-electron chi connectivity index (χ4n) is 1.42. The highest BCUT2D eigenvalue weighted by Crippen LogP contribution is 2.34. The van der Waals surface area contributed by atoms with Crippen molar-refractivity contribution in [1.82, 2.24) is 0 Å². The monoisotopic (exact) mass is 379 g/mol. The third-order valence-electron chi connectivity index (χ3n) is 2.35. The van der Waals surface area contributed by atoms with Crippen molar-refractivity contribution in [2.45, 2.75) is 4.90 Å². The summed E-state index contributed by atoms with van der Waals surface area (Å²) in [7, 11) is -3.83. The van der Waals surface area contributed by atoms with Crippen molar-refractivity contribution >= 4 is 37.6 Å². The maximum atomic E-state index is 13.0. The summed E-state index contributed by atoms with van der Waals surface area (Å²) < 4.78 is 41.2. The summed E-state index contributed by atoms with van der Waals surface area (Å²) in [6, 6.07) is 7.72. The number of primary sulfonamides is 1. The molecule has 0 spiro atoms. The average molecular weight is 381 g/mol. The number of halogens is 3.